The molecule has 6 nitrogen and oxygen atoms in total. The topological polar surface area (TPSA) is 70.1 Å². The first-order chi connectivity index (χ1) is 13.3. The number of hydrogen-bond donors (Lipinski definition) is 1. The lowest BCUT2D eigenvalue weighted by Gasteiger charge is -2.36. The molecule has 1 heterocycles. The second-order valence-electron chi connectivity index (χ2n) is 7.20. The van der Waals surface area contributed by atoms with Gasteiger partial charge in [-0.1, -0.05) is 6.07 Å². The molecule has 28 heavy (non-hydrogen) atoms. The second kappa shape index (κ2) is 7.88. The fourth-order valence-corrected chi connectivity index (χ4v) is 3.02. The molecule has 0 unspecified atom stereocenters. The summed E-state index contributed by atoms with van der Waals surface area (Å²) in [6.07, 6.45) is 0. The number of carbonyl (C=O) groups excluding carboxylic acids is 1. The zero-order valence-electron chi connectivity index (χ0n) is 15.9. The first kappa shape index (κ1) is 19.7. The van der Waals surface area contributed by atoms with Crippen molar-refractivity contribution in [2.75, 3.05) is 31.1 Å². The quantitative estimate of drug-likeness (QED) is 0.855. The van der Waals surface area contributed by atoms with Crippen LogP contribution < -0.4 is 9.64 Å². The van der Waals surface area contributed by atoms with Gasteiger partial charge in [-0.05, 0) is 50.2 Å². The van der Waals surface area contributed by atoms with E-state index >= 15 is 0 Å². The molecule has 148 valence electrons. The van der Waals surface area contributed by atoms with Gasteiger partial charge in [0.1, 0.15) is 11.6 Å². The highest BCUT2D eigenvalue weighted by atomic mass is 19.1. The zero-order chi connectivity index (χ0) is 20.3. The number of nitrogens with zero attached hydrogens (tertiary/aromatic N) is 2. The normalized spacial score (nSPS) is 14.7. The molecule has 1 aliphatic rings. The van der Waals surface area contributed by atoms with Gasteiger partial charge in [0.15, 0.2) is 5.60 Å². The minimum atomic E-state index is -1.32. The third-order valence-corrected chi connectivity index (χ3v) is 4.73. The number of benzene rings is 2. The summed E-state index contributed by atoms with van der Waals surface area (Å²) in [6, 6.07) is 12.8. The fraction of sp³-hybridized carbons (Fsp3) is 0.333. The van der Waals surface area contributed by atoms with E-state index in [2.05, 4.69) is 4.90 Å². The third kappa shape index (κ3) is 4.42. The summed E-state index contributed by atoms with van der Waals surface area (Å²) in [4.78, 5) is 27.7. The Kier molecular flexibility index (Phi) is 5.53. The lowest BCUT2D eigenvalue weighted by Crippen LogP contribution is -2.48. The summed E-state index contributed by atoms with van der Waals surface area (Å²) in [7, 11) is 0. The second-order valence-corrected chi connectivity index (χ2v) is 7.20. The van der Waals surface area contributed by atoms with Crippen LogP contribution in [-0.2, 0) is 4.79 Å². The van der Waals surface area contributed by atoms with Gasteiger partial charge in [-0.3, -0.25) is 4.79 Å². The van der Waals surface area contributed by atoms with E-state index in [9.17, 15) is 19.1 Å². The number of anilines is 1. The summed E-state index contributed by atoms with van der Waals surface area (Å²) >= 11 is 0. The van der Waals surface area contributed by atoms with Crippen LogP contribution in [0.5, 0.6) is 5.75 Å². The number of carbonyl (C=O) groups is 2. The summed E-state index contributed by atoms with van der Waals surface area (Å²) in [5.41, 5.74) is 0.0625. The van der Waals surface area contributed by atoms with E-state index in [0.29, 0.717) is 37.5 Å². The van der Waals surface area contributed by atoms with Crippen LogP contribution in [0.1, 0.15) is 24.2 Å². The molecule has 0 bridgehead atoms. The van der Waals surface area contributed by atoms with Crippen molar-refractivity contribution in [2.24, 2.45) is 0 Å². The van der Waals surface area contributed by atoms with Crippen LogP contribution in [0.3, 0.4) is 0 Å². The maximum Gasteiger partial charge on any atom is 0.347 e. The molecule has 2 aromatic rings. The summed E-state index contributed by atoms with van der Waals surface area (Å²) in [5.74, 6) is -1.03. The Morgan fingerprint density at radius 2 is 1.68 bits per heavy atom. The number of aliphatic carboxylic acids is 1. The van der Waals surface area contributed by atoms with Gasteiger partial charge < -0.3 is 19.6 Å². The van der Waals surface area contributed by atoms with Crippen molar-refractivity contribution in [3.63, 3.8) is 0 Å². The van der Waals surface area contributed by atoms with Gasteiger partial charge in [-0.2, -0.15) is 0 Å². The Morgan fingerprint density at radius 1 is 1.04 bits per heavy atom. The van der Waals surface area contributed by atoms with E-state index in [0.717, 1.165) is 5.69 Å². The molecule has 0 atom stereocenters. The van der Waals surface area contributed by atoms with Gasteiger partial charge in [-0.25, -0.2) is 9.18 Å². The Hall–Kier alpha value is -3.09. The van der Waals surface area contributed by atoms with Crippen LogP contribution in [0, 0.1) is 5.82 Å². The predicted octanol–water partition coefficient (Wildman–Crippen LogP) is 3.03. The molecule has 1 fully saturated rings. The van der Waals surface area contributed by atoms with E-state index in [4.69, 9.17) is 4.74 Å². The number of carboxylic acids is 1. The number of amides is 1. The van der Waals surface area contributed by atoms with Crippen LogP contribution >= 0.6 is 0 Å². The fourth-order valence-electron chi connectivity index (χ4n) is 3.02. The lowest BCUT2D eigenvalue weighted by molar-refractivity contribution is -0.152. The van der Waals surface area contributed by atoms with Crippen molar-refractivity contribution in [2.45, 2.75) is 19.4 Å². The smallest absolute Gasteiger partial charge is 0.347 e. The molecule has 1 aliphatic heterocycles. The highest BCUT2D eigenvalue weighted by Gasteiger charge is 2.29. The van der Waals surface area contributed by atoms with Crippen molar-refractivity contribution >= 4 is 17.6 Å². The first-order valence-electron chi connectivity index (χ1n) is 9.08. The van der Waals surface area contributed by atoms with E-state index < -0.39 is 11.6 Å². The summed E-state index contributed by atoms with van der Waals surface area (Å²) in [6.45, 7) is 5.37. The number of carboxylic acid groups (broad SMARTS) is 1. The molecule has 3 rings (SSSR count). The Morgan fingerprint density at radius 3 is 2.29 bits per heavy atom. The van der Waals surface area contributed by atoms with Crippen LogP contribution in [-0.4, -0.2) is 53.7 Å². The highest BCUT2D eigenvalue weighted by Crippen LogP contribution is 2.26. The highest BCUT2D eigenvalue weighted by molar-refractivity contribution is 5.94. The third-order valence-electron chi connectivity index (χ3n) is 4.73. The Balaban J connectivity index is 1.63. The van der Waals surface area contributed by atoms with E-state index in [1.807, 2.05) is 18.2 Å². The lowest BCUT2D eigenvalue weighted by atomic mass is 10.1. The molecular weight excluding hydrogens is 363 g/mol. The van der Waals surface area contributed by atoms with Crippen LogP contribution in [0.2, 0.25) is 0 Å². The van der Waals surface area contributed by atoms with Crippen molar-refractivity contribution in [1.82, 2.24) is 4.90 Å². The van der Waals surface area contributed by atoms with Gasteiger partial charge in [0.25, 0.3) is 5.91 Å². The molecule has 2 aromatic carbocycles. The minimum Gasteiger partial charge on any atom is -0.478 e. The summed E-state index contributed by atoms with van der Waals surface area (Å²) < 4.78 is 18.6. The minimum absolute atomic E-state index is 0.111. The van der Waals surface area contributed by atoms with E-state index in [1.165, 1.54) is 38.1 Å². The Labute approximate surface area is 163 Å². The van der Waals surface area contributed by atoms with Gasteiger partial charge in [0.2, 0.25) is 0 Å². The monoisotopic (exact) mass is 386 g/mol. The van der Waals surface area contributed by atoms with Gasteiger partial charge in [-0.15, -0.1) is 0 Å². The molecule has 1 amide bonds. The average molecular weight is 386 g/mol. The molecular formula is C21H23FN2O4. The van der Waals surface area contributed by atoms with Crippen LogP contribution in [0.4, 0.5) is 10.1 Å². The van der Waals surface area contributed by atoms with Gasteiger partial charge >= 0.3 is 5.97 Å². The molecule has 1 N–H and O–H groups in total. The number of halogens is 1. The average Bonchev–Trinajstić information content (AvgIpc) is 2.68. The Bertz CT molecular complexity index is 859. The maximum atomic E-state index is 13.0. The van der Waals surface area contributed by atoms with Crippen molar-refractivity contribution in [3.8, 4) is 5.75 Å². The van der Waals surface area contributed by atoms with Crippen LogP contribution in [0.15, 0.2) is 48.5 Å². The molecule has 1 saturated heterocycles. The zero-order valence-corrected chi connectivity index (χ0v) is 15.9. The predicted molar refractivity (Wildman–Crippen MR) is 103 cm³/mol. The van der Waals surface area contributed by atoms with Crippen molar-refractivity contribution in [1.29, 1.82) is 0 Å². The molecule has 0 spiro atoms. The largest absolute Gasteiger partial charge is 0.478 e. The molecule has 0 radical (unpaired) electrons. The molecule has 0 aliphatic carbocycles. The molecule has 7 heteroatoms. The number of piperazine rings is 1. The standard InChI is InChI=1S/C21H23FN2O4/c1-21(2,20(26)27)28-18-5-3-4-17(14-18)23-10-12-24(13-11-23)19(25)15-6-8-16(22)9-7-15/h3-9,14H,10-13H2,1-2H3,(H,26,27). The molecule has 0 saturated carbocycles. The van der Waals surface area contributed by atoms with Crippen molar-refractivity contribution in [3.05, 3.63) is 59.9 Å². The maximum absolute atomic E-state index is 13.0. The van der Waals surface area contributed by atoms with Gasteiger partial charge in [0.05, 0.1) is 0 Å². The van der Waals surface area contributed by atoms with Crippen molar-refractivity contribution < 1.29 is 23.8 Å². The number of rotatable bonds is 5. The number of hydrogen-bond acceptors (Lipinski definition) is 4. The molecule has 0 aromatic heterocycles. The van der Waals surface area contributed by atoms with Crippen LogP contribution in [0.25, 0.3) is 0 Å². The first-order valence-corrected chi connectivity index (χ1v) is 9.08. The van der Waals surface area contributed by atoms with E-state index in [-0.39, 0.29) is 11.7 Å². The SMILES string of the molecule is CC(C)(Oc1cccc(N2CCN(C(=O)c3ccc(F)cc3)CC2)c1)C(=O)O. The number of ether oxygens (including phenoxy) is 1. The summed E-state index contributed by atoms with van der Waals surface area (Å²) in [5, 5.41) is 9.22. The van der Waals surface area contributed by atoms with E-state index in [1.54, 1.807) is 11.0 Å². The van der Waals surface area contributed by atoms with Gasteiger partial charge in [0, 0.05) is 43.5 Å².